The third-order valence-electron chi connectivity index (χ3n) is 5.37. The molecule has 1 aliphatic heterocycles. The van der Waals surface area contributed by atoms with Gasteiger partial charge in [-0.25, -0.2) is 9.37 Å². The Bertz CT molecular complexity index is 1150. The van der Waals surface area contributed by atoms with Crippen molar-refractivity contribution in [2.75, 3.05) is 37.0 Å². The van der Waals surface area contributed by atoms with E-state index in [1.54, 1.807) is 19.3 Å². The lowest BCUT2D eigenvalue weighted by Crippen LogP contribution is -2.42. The van der Waals surface area contributed by atoms with Crippen LogP contribution in [-0.2, 0) is 11.8 Å². The van der Waals surface area contributed by atoms with Gasteiger partial charge >= 0.3 is 0 Å². The van der Waals surface area contributed by atoms with Crippen LogP contribution in [0, 0.1) is 5.82 Å². The van der Waals surface area contributed by atoms with E-state index >= 15 is 0 Å². The molecule has 1 aromatic carbocycles. The fourth-order valence-electron chi connectivity index (χ4n) is 3.77. The molecule has 1 fully saturated rings. The van der Waals surface area contributed by atoms with Gasteiger partial charge in [-0.05, 0) is 45.0 Å². The highest BCUT2D eigenvalue weighted by Gasteiger charge is 2.23. The first-order valence-electron chi connectivity index (χ1n) is 10.8. The first-order chi connectivity index (χ1) is 16.4. The first kappa shape index (κ1) is 24.8. The molecule has 1 aliphatic rings. The summed E-state index contributed by atoms with van der Waals surface area (Å²) in [4.78, 5) is 32.2. The standard InChI is InChI=1S/C21H26FN7O2.CH2O2/c1-4-31-20-16(11-24-21(26-20)29(3)15-5-7-23-8-6-15)19(30)25-14-9-13-12-28(2)27-18(13)17(22)10-14;2-1-3/h9-12,15,23H,4-8H2,1-3H3,(H,25,30);1H,(H,2,3). The van der Waals surface area contributed by atoms with Gasteiger partial charge in [-0.3, -0.25) is 14.3 Å². The molecule has 12 heteroatoms. The monoisotopic (exact) mass is 473 g/mol. The molecule has 1 amide bonds. The summed E-state index contributed by atoms with van der Waals surface area (Å²) in [5.74, 6) is -0.265. The predicted octanol–water partition coefficient (Wildman–Crippen LogP) is 2.04. The van der Waals surface area contributed by atoms with Gasteiger partial charge in [0.25, 0.3) is 12.4 Å². The van der Waals surface area contributed by atoms with Gasteiger partial charge in [0.1, 0.15) is 11.1 Å². The summed E-state index contributed by atoms with van der Waals surface area (Å²) in [5, 5.41) is 17.6. The normalized spacial score (nSPS) is 13.6. The molecule has 3 heterocycles. The van der Waals surface area contributed by atoms with Crippen molar-refractivity contribution < 1.29 is 23.8 Å². The molecule has 2 aromatic heterocycles. The van der Waals surface area contributed by atoms with Crippen LogP contribution in [0.3, 0.4) is 0 Å². The van der Waals surface area contributed by atoms with E-state index in [0.717, 1.165) is 25.9 Å². The Balaban J connectivity index is 0.00000103. The number of nitrogens with zero attached hydrogens (tertiary/aromatic N) is 5. The van der Waals surface area contributed by atoms with Crippen molar-refractivity contribution in [1.82, 2.24) is 25.1 Å². The summed E-state index contributed by atoms with van der Waals surface area (Å²) in [5.41, 5.74) is 0.765. The lowest BCUT2D eigenvalue weighted by atomic mass is 10.1. The molecular weight excluding hydrogens is 445 g/mol. The first-order valence-corrected chi connectivity index (χ1v) is 10.8. The molecule has 0 atom stereocenters. The summed E-state index contributed by atoms with van der Waals surface area (Å²) in [6.45, 7) is 3.83. The zero-order valence-electron chi connectivity index (χ0n) is 19.3. The van der Waals surface area contributed by atoms with Crippen LogP contribution in [0.15, 0.2) is 24.5 Å². The molecule has 4 rings (SSSR count). The molecule has 0 aliphatic carbocycles. The van der Waals surface area contributed by atoms with Crippen molar-refractivity contribution >= 4 is 34.9 Å². The molecule has 0 saturated carbocycles. The fourth-order valence-corrected chi connectivity index (χ4v) is 3.77. The summed E-state index contributed by atoms with van der Waals surface area (Å²) in [6, 6.07) is 3.24. The summed E-state index contributed by atoms with van der Waals surface area (Å²) in [7, 11) is 3.67. The number of piperidine rings is 1. The highest BCUT2D eigenvalue weighted by atomic mass is 19.1. The maximum Gasteiger partial charge on any atom is 0.290 e. The van der Waals surface area contributed by atoms with Crippen LogP contribution in [0.25, 0.3) is 10.9 Å². The number of nitrogens with one attached hydrogen (secondary N) is 2. The molecule has 0 spiro atoms. The number of aromatic nitrogens is 4. The lowest BCUT2D eigenvalue weighted by molar-refractivity contribution is -0.122. The van der Waals surface area contributed by atoms with Crippen LogP contribution in [0.1, 0.15) is 30.1 Å². The number of carboxylic acid groups (broad SMARTS) is 1. The Morgan fingerprint density at radius 2 is 2.12 bits per heavy atom. The van der Waals surface area contributed by atoms with Gasteiger partial charge in [-0.1, -0.05) is 0 Å². The Morgan fingerprint density at radius 1 is 1.41 bits per heavy atom. The van der Waals surface area contributed by atoms with Crippen LogP contribution < -0.4 is 20.3 Å². The number of aryl methyl sites for hydroxylation is 1. The van der Waals surface area contributed by atoms with E-state index in [4.69, 9.17) is 14.6 Å². The fraction of sp³-hybridized carbons (Fsp3) is 0.409. The average molecular weight is 474 g/mol. The minimum absolute atomic E-state index is 0.191. The number of rotatable bonds is 6. The van der Waals surface area contributed by atoms with Crippen LogP contribution in [0.2, 0.25) is 0 Å². The van der Waals surface area contributed by atoms with Crippen molar-refractivity contribution in [3.05, 3.63) is 35.9 Å². The van der Waals surface area contributed by atoms with Crippen molar-refractivity contribution in [1.29, 1.82) is 0 Å². The Kier molecular flexibility index (Phi) is 8.30. The number of benzene rings is 1. The molecule has 1 saturated heterocycles. The quantitative estimate of drug-likeness (QED) is 0.460. The van der Waals surface area contributed by atoms with Gasteiger partial charge in [-0.2, -0.15) is 10.1 Å². The smallest absolute Gasteiger partial charge is 0.290 e. The number of hydrogen-bond donors (Lipinski definition) is 3. The van der Waals surface area contributed by atoms with Gasteiger partial charge in [-0.15, -0.1) is 0 Å². The van der Waals surface area contributed by atoms with Crippen molar-refractivity contribution in [3.63, 3.8) is 0 Å². The summed E-state index contributed by atoms with van der Waals surface area (Å²) < 4.78 is 21.5. The molecule has 0 bridgehead atoms. The number of fused-ring (bicyclic) bond motifs is 1. The number of anilines is 2. The molecule has 182 valence electrons. The van der Waals surface area contributed by atoms with Crippen molar-refractivity contribution in [3.8, 4) is 5.88 Å². The van der Waals surface area contributed by atoms with Gasteiger partial charge in [0.15, 0.2) is 5.82 Å². The van der Waals surface area contributed by atoms with Gasteiger partial charge in [0.2, 0.25) is 11.8 Å². The molecule has 0 unspecified atom stereocenters. The lowest BCUT2D eigenvalue weighted by Gasteiger charge is -2.31. The van der Waals surface area contributed by atoms with Gasteiger partial charge in [0.05, 0.1) is 6.61 Å². The number of ether oxygens (including phenoxy) is 1. The minimum Gasteiger partial charge on any atom is -0.483 e. The van der Waals surface area contributed by atoms with Crippen LogP contribution in [-0.4, -0.2) is 70.0 Å². The van der Waals surface area contributed by atoms with E-state index in [1.807, 2.05) is 18.9 Å². The zero-order valence-corrected chi connectivity index (χ0v) is 19.3. The van der Waals surface area contributed by atoms with Crippen molar-refractivity contribution in [2.45, 2.75) is 25.8 Å². The minimum atomic E-state index is -0.506. The SMILES string of the molecule is CCOc1nc(N(C)C2CCNCC2)ncc1C(=O)Nc1cc(F)c2nn(C)cc2c1.O=CO. The van der Waals surface area contributed by atoms with E-state index in [2.05, 4.69) is 25.7 Å². The predicted molar refractivity (Wildman–Crippen MR) is 125 cm³/mol. The van der Waals surface area contributed by atoms with E-state index in [9.17, 15) is 9.18 Å². The van der Waals surface area contributed by atoms with E-state index in [-0.39, 0.29) is 23.4 Å². The maximum absolute atomic E-state index is 14.3. The second-order valence-corrected chi connectivity index (χ2v) is 7.67. The third-order valence-corrected chi connectivity index (χ3v) is 5.37. The summed E-state index contributed by atoms with van der Waals surface area (Å²) in [6.07, 6.45) is 5.14. The Morgan fingerprint density at radius 3 is 2.79 bits per heavy atom. The molecule has 34 heavy (non-hydrogen) atoms. The molecule has 11 nitrogen and oxygen atoms in total. The van der Waals surface area contributed by atoms with Gasteiger partial charge in [0, 0.05) is 43.6 Å². The number of halogens is 1. The topological polar surface area (TPSA) is 134 Å². The number of carbonyl (C=O) groups excluding carboxylic acids is 1. The number of carbonyl (C=O) groups is 2. The average Bonchev–Trinajstić information content (AvgIpc) is 3.20. The van der Waals surface area contributed by atoms with Crippen molar-refractivity contribution in [2.24, 2.45) is 7.05 Å². The third kappa shape index (κ3) is 5.76. The molecular formula is C22H28FN7O4. The molecule has 3 aromatic rings. The van der Waals surface area contributed by atoms with Crippen LogP contribution in [0.5, 0.6) is 5.88 Å². The molecule has 0 radical (unpaired) electrons. The van der Waals surface area contributed by atoms with E-state index in [1.165, 1.54) is 16.9 Å². The second kappa shape index (κ2) is 11.4. The van der Waals surface area contributed by atoms with Crippen LogP contribution in [0.4, 0.5) is 16.0 Å². The van der Waals surface area contributed by atoms with Gasteiger partial charge < -0.3 is 25.4 Å². The second-order valence-electron chi connectivity index (χ2n) is 7.67. The van der Waals surface area contributed by atoms with E-state index < -0.39 is 11.7 Å². The van der Waals surface area contributed by atoms with E-state index in [0.29, 0.717) is 29.7 Å². The number of amides is 1. The summed E-state index contributed by atoms with van der Waals surface area (Å²) >= 11 is 0. The Labute approximate surface area is 195 Å². The maximum atomic E-state index is 14.3. The largest absolute Gasteiger partial charge is 0.483 e. The highest BCUT2D eigenvalue weighted by molar-refractivity contribution is 6.06. The highest BCUT2D eigenvalue weighted by Crippen LogP contribution is 2.25. The van der Waals surface area contributed by atoms with Crippen LogP contribution >= 0.6 is 0 Å². The zero-order chi connectivity index (χ0) is 24.7. The molecule has 3 N–H and O–H groups in total. The number of hydrogen-bond acceptors (Lipinski definition) is 8. The Hall–Kier alpha value is -3.80.